The maximum Gasteiger partial charge on any atom is 0.240 e. The molecule has 20 heavy (non-hydrogen) atoms. The van der Waals surface area contributed by atoms with Crippen LogP contribution in [0.25, 0.3) is 6.08 Å². The molecule has 4 heteroatoms. The van der Waals surface area contributed by atoms with Gasteiger partial charge in [-0.15, -0.1) is 10.2 Å². The third-order valence-electron chi connectivity index (χ3n) is 5.60. The van der Waals surface area contributed by atoms with E-state index in [4.69, 9.17) is 10.2 Å². The first kappa shape index (κ1) is 12.6. The lowest BCUT2D eigenvalue weighted by Crippen LogP contribution is -2.44. The van der Waals surface area contributed by atoms with Crippen molar-refractivity contribution in [2.45, 2.75) is 38.5 Å². The van der Waals surface area contributed by atoms with E-state index in [-0.39, 0.29) is 0 Å². The molecule has 2 N–H and O–H groups in total. The number of nitrogens with zero attached hydrogens (tertiary/aromatic N) is 2. The van der Waals surface area contributed by atoms with Crippen molar-refractivity contribution in [3.63, 3.8) is 0 Å². The zero-order valence-electron chi connectivity index (χ0n) is 11.9. The van der Waals surface area contributed by atoms with Crippen LogP contribution in [-0.4, -0.2) is 16.7 Å². The van der Waals surface area contributed by atoms with Gasteiger partial charge in [-0.3, -0.25) is 0 Å². The van der Waals surface area contributed by atoms with Crippen LogP contribution >= 0.6 is 0 Å². The molecule has 1 aromatic heterocycles. The Labute approximate surface area is 119 Å². The van der Waals surface area contributed by atoms with Gasteiger partial charge in [-0.1, -0.05) is 6.08 Å². The van der Waals surface area contributed by atoms with Gasteiger partial charge in [-0.25, -0.2) is 0 Å². The maximum atomic E-state index is 5.58. The van der Waals surface area contributed by atoms with E-state index in [2.05, 4.69) is 16.3 Å². The Hall–Kier alpha value is -1.16. The molecule has 4 saturated carbocycles. The van der Waals surface area contributed by atoms with Crippen molar-refractivity contribution < 1.29 is 4.42 Å². The fourth-order valence-electron chi connectivity index (χ4n) is 5.03. The smallest absolute Gasteiger partial charge is 0.240 e. The highest BCUT2D eigenvalue weighted by molar-refractivity contribution is 5.38. The Kier molecular flexibility index (Phi) is 3.14. The van der Waals surface area contributed by atoms with Gasteiger partial charge in [0.05, 0.1) is 0 Å². The number of hydrogen-bond acceptors (Lipinski definition) is 4. The summed E-state index contributed by atoms with van der Waals surface area (Å²) in [6.45, 7) is 0.556. The van der Waals surface area contributed by atoms with Crippen LogP contribution in [0, 0.1) is 29.6 Å². The van der Waals surface area contributed by atoms with Crippen molar-refractivity contribution in [2.24, 2.45) is 35.3 Å². The lowest BCUT2D eigenvalue weighted by atomic mass is 9.52. The van der Waals surface area contributed by atoms with E-state index in [1.54, 1.807) is 0 Å². The first-order valence-corrected chi connectivity index (χ1v) is 8.02. The molecule has 0 unspecified atom stereocenters. The molecule has 1 aromatic rings. The Morgan fingerprint density at radius 3 is 2.40 bits per heavy atom. The minimum absolute atomic E-state index is 0.556. The summed E-state index contributed by atoms with van der Waals surface area (Å²) in [5.74, 6) is 5.92. The van der Waals surface area contributed by atoms with E-state index >= 15 is 0 Å². The minimum atomic E-state index is 0.556. The SMILES string of the molecule is NCCc1nnc(/C=C/C2C3CC4CC(C3)CC2C4)o1. The van der Waals surface area contributed by atoms with Crippen molar-refractivity contribution in [1.82, 2.24) is 10.2 Å². The molecule has 0 spiro atoms. The van der Waals surface area contributed by atoms with Gasteiger partial charge in [0.25, 0.3) is 0 Å². The van der Waals surface area contributed by atoms with Crippen LogP contribution in [-0.2, 0) is 6.42 Å². The van der Waals surface area contributed by atoms with Crippen LogP contribution in [0.2, 0.25) is 0 Å². The van der Waals surface area contributed by atoms with Crippen LogP contribution in [0.15, 0.2) is 10.5 Å². The molecule has 0 amide bonds. The predicted octanol–water partition coefficient (Wildman–Crippen LogP) is 2.66. The van der Waals surface area contributed by atoms with Gasteiger partial charge < -0.3 is 10.2 Å². The molecule has 0 aromatic carbocycles. The van der Waals surface area contributed by atoms with E-state index in [1.165, 1.54) is 32.1 Å². The zero-order chi connectivity index (χ0) is 13.5. The molecule has 5 rings (SSSR count). The summed E-state index contributed by atoms with van der Waals surface area (Å²) < 4.78 is 5.58. The number of aromatic nitrogens is 2. The van der Waals surface area contributed by atoms with Gasteiger partial charge >= 0.3 is 0 Å². The van der Waals surface area contributed by atoms with Crippen molar-refractivity contribution in [3.8, 4) is 0 Å². The fraction of sp³-hybridized carbons (Fsp3) is 0.750. The van der Waals surface area contributed by atoms with Gasteiger partial charge in [0, 0.05) is 13.0 Å². The van der Waals surface area contributed by atoms with E-state index < -0.39 is 0 Å². The summed E-state index contributed by atoms with van der Waals surface area (Å²) in [6.07, 6.45) is 12.4. The molecule has 4 bridgehead atoms. The van der Waals surface area contributed by atoms with Crippen LogP contribution in [0.3, 0.4) is 0 Å². The first-order chi connectivity index (χ1) is 9.81. The number of allylic oxidation sites excluding steroid dienone is 1. The van der Waals surface area contributed by atoms with Crippen LogP contribution < -0.4 is 5.73 Å². The van der Waals surface area contributed by atoms with Gasteiger partial charge in [-0.2, -0.15) is 0 Å². The summed E-state index contributed by atoms with van der Waals surface area (Å²) in [6, 6.07) is 0. The predicted molar refractivity (Wildman–Crippen MR) is 76.6 cm³/mol. The Morgan fingerprint density at radius 1 is 1.05 bits per heavy atom. The Bertz CT molecular complexity index is 480. The van der Waals surface area contributed by atoms with E-state index in [1.807, 2.05) is 6.08 Å². The van der Waals surface area contributed by atoms with Crippen LogP contribution in [0.5, 0.6) is 0 Å². The number of hydrogen-bond donors (Lipinski definition) is 1. The van der Waals surface area contributed by atoms with Gasteiger partial charge in [0.15, 0.2) is 0 Å². The monoisotopic (exact) mass is 273 g/mol. The topological polar surface area (TPSA) is 64.9 Å². The molecule has 0 saturated heterocycles. The fourth-order valence-corrected chi connectivity index (χ4v) is 5.03. The highest BCUT2D eigenvalue weighted by Crippen LogP contribution is 2.56. The largest absolute Gasteiger partial charge is 0.421 e. The third kappa shape index (κ3) is 2.20. The van der Waals surface area contributed by atoms with Crippen LogP contribution in [0.4, 0.5) is 0 Å². The van der Waals surface area contributed by atoms with Crippen molar-refractivity contribution >= 4 is 6.08 Å². The molecule has 4 aliphatic rings. The molecule has 0 radical (unpaired) electrons. The zero-order valence-corrected chi connectivity index (χ0v) is 11.9. The highest BCUT2D eigenvalue weighted by atomic mass is 16.4. The summed E-state index contributed by atoms with van der Waals surface area (Å²) >= 11 is 0. The Balaban J connectivity index is 1.46. The molecule has 4 nitrogen and oxygen atoms in total. The lowest BCUT2D eigenvalue weighted by molar-refractivity contribution is -0.0158. The second-order valence-corrected chi connectivity index (χ2v) is 6.94. The van der Waals surface area contributed by atoms with E-state index in [9.17, 15) is 0 Å². The second-order valence-electron chi connectivity index (χ2n) is 6.94. The third-order valence-corrected chi connectivity index (χ3v) is 5.60. The molecule has 0 atom stereocenters. The molecule has 1 heterocycles. The molecule has 4 aliphatic carbocycles. The van der Waals surface area contributed by atoms with Gasteiger partial charge in [0.1, 0.15) is 0 Å². The first-order valence-electron chi connectivity index (χ1n) is 8.02. The highest BCUT2D eigenvalue weighted by Gasteiger charge is 2.47. The lowest BCUT2D eigenvalue weighted by Gasteiger charge is -2.53. The second kappa shape index (κ2) is 4.99. The summed E-state index contributed by atoms with van der Waals surface area (Å²) in [5.41, 5.74) is 5.49. The van der Waals surface area contributed by atoms with Crippen molar-refractivity contribution in [1.29, 1.82) is 0 Å². The molecule has 4 fully saturated rings. The summed E-state index contributed by atoms with van der Waals surface area (Å²) in [5, 5.41) is 8.09. The average molecular weight is 273 g/mol. The number of rotatable bonds is 4. The summed E-state index contributed by atoms with van der Waals surface area (Å²) in [4.78, 5) is 0. The van der Waals surface area contributed by atoms with E-state index in [0.717, 1.165) is 29.6 Å². The van der Waals surface area contributed by atoms with Gasteiger partial charge in [-0.05, 0) is 67.8 Å². The maximum absolute atomic E-state index is 5.58. The molecular formula is C16H23N3O. The quantitative estimate of drug-likeness (QED) is 0.916. The molecule has 0 aliphatic heterocycles. The normalized spacial score (nSPS) is 39.0. The molecular weight excluding hydrogens is 250 g/mol. The Morgan fingerprint density at radius 2 is 1.75 bits per heavy atom. The van der Waals surface area contributed by atoms with Gasteiger partial charge in [0.2, 0.25) is 11.8 Å². The van der Waals surface area contributed by atoms with Crippen molar-refractivity contribution in [2.75, 3.05) is 6.54 Å². The van der Waals surface area contributed by atoms with Crippen LogP contribution in [0.1, 0.15) is 43.9 Å². The minimum Gasteiger partial charge on any atom is -0.421 e. The summed E-state index contributed by atoms with van der Waals surface area (Å²) in [7, 11) is 0. The van der Waals surface area contributed by atoms with Crippen molar-refractivity contribution in [3.05, 3.63) is 17.9 Å². The number of nitrogens with two attached hydrogens (primary N) is 1. The molecule has 108 valence electrons. The van der Waals surface area contributed by atoms with E-state index in [0.29, 0.717) is 24.7 Å². The standard InChI is InChI=1S/C16H23N3O/c17-4-3-16-19-18-15(20-16)2-1-14-12-6-10-5-11(8-12)9-13(14)7-10/h1-2,10-14H,3-9,17H2/b2-1+. The average Bonchev–Trinajstić information content (AvgIpc) is 2.85.